The minimum Gasteiger partial charge on any atom is -0.239 e. The molecule has 0 aromatic carbocycles. The molecule has 0 amide bonds. The zero-order valence-electron chi connectivity index (χ0n) is 10.5. The van der Waals surface area contributed by atoms with Crippen LogP contribution in [-0.4, -0.2) is 20.2 Å². The topological polar surface area (TPSA) is 42.3 Å². The van der Waals surface area contributed by atoms with Crippen molar-refractivity contribution in [2.45, 2.75) is 31.7 Å². The normalized spacial score (nSPS) is 14.9. The predicted molar refractivity (Wildman–Crippen MR) is 64.7 cm³/mol. The average Bonchev–Trinajstić information content (AvgIpc) is 2.24. The maximum Gasteiger partial charge on any atom is 0.436 e. The van der Waals surface area contributed by atoms with Gasteiger partial charge in [-0.2, -0.15) is 17.6 Å². The lowest BCUT2D eigenvalue weighted by atomic mass is 10.3. The Morgan fingerprint density at radius 2 is 1.84 bits per heavy atom. The first-order valence-electron chi connectivity index (χ1n) is 5.21. The molecule has 0 aliphatic carbocycles. The van der Waals surface area contributed by atoms with Gasteiger partial charge in [-0.1, -0.05) is 0 Å². The quantitative estimate of drug-likeness (QED) is 0.621. The molecule has 106 valence electrons. The van der Waals surface area contributed by atoms with Crippen LogP contribution in [0, 0.1) is 5.82 Å². The standard InChI is InChI=1S/C11H12F4N2OS/c1-10(2,3)19(18)16-6-7-4-5-8(12)9(17-7)11(13,14)15/h4-6H,1-3H3/b16-6+/t19-/m1/s1. The van der Waals surface area contributed by atoms with Crippen LogP contribution in [-0.2, 0) is 17.2 Å². The van der Waals surface area contributed by atoms with E-state index in [2.05, 4.69) is 9.38 Å². The fourth-order valence-corrected chi connectivity index (χ4v) is 1.51. The minimum atomic E-state index is -4.88. The van der Waals surface area contributed by atoms with Crippen molar-refractivity contribution >= 4 is 17.2 Å². The predicted octanol–water partition coefficient (Wildman–Crippen LogP) is 3.12. The van der Waals surface area contributed by atoms with E-state index in [9.17, 15) is 21.8 Å². The first-order valence-corrected chi connectivity index (χ1v) is 6.32. The number of pyridine rings is 1. The van der Waals surface area contributed by atoms with Gasteiger partial charge in [0.05, 0.1) is 16.7 Å². The second-order valence-corrected chi connectivity index (χ2v) is 6.59. The molecular formula is C11H12F4N2OS. The molecule has 0 saturated heterocycles. The van der Waals surface area contributed by atoms with Crippen LogP contribution >= 0.6 is 0 Å². The summed E-state index contributed by atoms with van der Waals surface area (Å²) in [6.07, 6.45) is -3.94. The number of hydrogen-bond donors (Lipinski definition) is 0. The molecule has 0 saturated carbocycles. The fourth-order valence-electron chi connectivity index (χ4n) is 0.988. The summed E-state index contributed by atoms with van der Waals surface area (Å²) in [5, 5.41) is 0. The molecule has 0 radical (unpaired) electrons. The van der Waals surface area contributed by atoms with E-state index in [1.165, 1.54) is 0 Å². The zero-order valence-corrected chi connectivity index (χ0v) is 11.3. The molecule has 19 heavy (non-hydrogen) atoms. The Hall–Kier alpha value is -1.31. The Balaban J connectivity index is 3.05. The molecule has 0 bridgehead atoms. The van der Waals surface area contributed by atoms with Crippen molar-refractivity contribution < 1.29 is 21.8 Å². The van der Waals surface area contributed by atoms with Crippen LogP contribution in [0.1, 0.15) is 32.2 Å². The summed E-state index contributed by atoms with van der Waals surface area (Å²) in [4.78, 5) is 3.11. The van der Waals surface area contributed by atoms with Gasteiger partial charge < -0.3 is 0 Å². The Kier molecular flexibility index (Phi) is 4.44. The molecule has 0 aliphatic rings. The average molecular weight is 296 g/mol. The maximum atomic E-state index is 13.0. The van der Waals surface area contributed by atoms with E-state index in [1.807, 2.05) is 0 Å². The highest BCUT2D eigenvalue weighted by Gasteiger charge is 2.36. The summed E-state index contributed by atoms with van der Waals surface area (Å²) < 4.78 is 64.7. The third-order valence-corrected chi connectivity index (χ3v) is 3.29. The molecule has 1 atom stereocenters. The second kappa shape index (κ2) is 5.36. The highest BCUT2D eigenvalue weighted by molar-refractivity contribution is 7.85. The van der Waals surface area contributed by atoms with E-state index < -0.39 is 33.4 Å². The summed E-state index contributed by atoms with van der Waals surface area (Å²) in [7, 11) is -1.62. The molecule has 1 aromatic rings. The largest absolute Gasteiger partial charge is 0.436 e. The molecule has 1 heterocycles. The van der Waals surface area contributed by atoms with Gasteiger partial charge in [0.25, 0.3) is 0 Å². The minimum absolute atomic E-state index is 0.202. The first kappa shape index (κ1) is 15.7. The molecule has 0 spiro atoms. The Bertz CT molecular complexity index is 520. The highest BCUT2D eigenvalue weighted by atomic mass is 32.2. The SMILES string of the molecule is CC(C)(C)[S@@](=O)/N=C/c1ccc(F)c(C(F)(F)F)n1. The Morgan fingerprint density at radius 3 is 2.32 bits per heavy atom. The van der Waals surface area contributed by atoms with Crippen molar-refractivity contribution in [3.8, 4) is 0 Å². The van der Waals surface area contributed by atoms with Crippen LogP contribution in [0.5, 0.6) is 0 Å². The van der Waals surface area contributed by atoms with Crippen molar-refractivity contribution in [3.05, 3.63) is 29.3 Å². The summed E-state index contributed by atoms with van der Waals surface area (Å²) >= 11 is 0. The lowest BCUT2D eigenvalue weighted by Crippen LogP contribution is -2.19. The summed E-state index contributed by atoms with van der Waals surface area (Å²) in [5.41, 5.74) is -1.82. The lowest BCUT2D eigenvalue weighted by Gasteiger charge is -2.12. The van der Waals surface area contributed by atoms with E-state index in [4.69, 9.17) is 0 Å². The highest BCUT2D eigenvalue weighted by Crippen LogP contribution is 2.29. The van der Waals surface area contributed by atoms with Gasteiger partial charge in [0, 0.05) is 0 Å². The molecular weight excluding hydrogens is 284 g/mol. The van der Waals surface area contributed by atoms with E-state index in [0.717, 1.165) is 12.3 Å². The smallest absolute Gasteiger partial charge is 0.239 e. The summed E-state index contributed by atoms with van der Waals surface area (Å²) in [6.45, 7) is 5.00. The number of halogens is 4. The van der Waals surface area contributed by atoms with Crippen molar-refractivity contribution in [2.75, 3.05) is 0 Å². The van der Waals surface area contributed by atoms with Gasteiger partial charge in [-0.05, 0) is 32.9 Å². The third kappa shape index (κ3) is 4.38. The van der Waals surface area contributed by atoms with Crippen LogP contribution in [0.25, 0.3) is 0 Å². The van der Waals surface area contributed by atoms with Crippen LogP contribution in [0.2, 0.25) is 0 Å². The number of rotatable bonds is 2. The van der Waals surface area contributed by atoms with Gasteiger partial charge in [-0.15, -0.1) is 0 Å². The molecule has 0 unspecified atom stereocenters. The summed E-state index contributed by atoms with van der Waals surface area (Å²) in [5.74, 6) is -1.46. The monoisotopic (exact) mass is 296 g/mol. The van der Waals surface area contributed by atoms with Gasteiger partial charge in [0.2, 0.25) is 0 Å². The molecule has 0 fully saturated rings. The molecule has 0 N–H and O–H groups in total. The lowest BCUT2D eigenvalue weighted by molar-refractivity contribution is -0.143. The van der Waals surface area contributed by atoms with Crippen LogP contribution in [0.3, 0.4) is 0 Å². The van der Waals surface area contributed by atoms with E-state index in [1.54, 1.807) is 20.8 Å². The number of alkyl halides is 3. The Labute approximate surface area is 110 Å². The molecule has 1 rings (SSSR count). The molecule has 1 aromatic heterocycles. The van der Waals surface area contributed by atoms with Crippen molar-refractivity contribution in [1.29, 1.82) is 0 Å². The van der Waals surface area contributed by atoms with E-state index in [-0.39, 0.29) is 5.69 Å². The molecule has 0 aliphatic heterocycles. The van der Waals surface area contributed by atoms with Gasteiger partial charge in [0.15, 0.2) is 11.5 Å². The number of hydrogen-bond acceptors (Lipinski definition) is 2. The van der Waals surface area contributed by atoms with Gasteiger partial charge in [-0.3, -0.25) is 0 Å². The fraction of sp³-hybridized carbons (Fsp3) is 0.455. The van der Waals surface area contributed by atoms with Crippen molar-refractivity contribution in [2.24, 2.45) is 4.40 Å². The Morgan fingerprint density at radius 1 is 1.26 bits per heavy atom. The van der Waals surface area contributed by atoms with Gasteiger partial charge in [0.1, 0.15) is 11.0 Å². The van der Waals surface area contributed by atoms with Crippen molar-refractivity contribution in [1.82, 2.24) is 4.98 Å². The van der Waals surface area contributed by atoms with Crippen LogP contribution in [0.15, 0.2) is 16.5 Å². The third-order valence-electron chi connectivity index (χ3n) is 1.94. The van der Waals surface area contributed by atoms with Crippen LogP contribution in [0.4, 0.5) is 17.6 Å². The molecule has 8 heteroatoms. The zero-order chi connectivity index (χ0) is 14.8. The van der Waals surface area contributed by atoms with E-state index >= 15 is 0 Å². The van der Waals surface area contributed by atoms with Gasteiger partial charge >= 0.3 is 6.18 Å². The first-order chi connectivity index (χ1) is 8.51. The second-order valence-electron chi connectivity index (χ2n) is 4.66. The molecule has 3 nitrogen and oxygen atoms in total. The van der Waals surface area contributed by atoms with Crippen molar-refractivity contribution in [3.63, 3.8) is 0 Å². The van der Waals surface area contributed by atoms with Gasteiger partial charge in [-0.25, -0.2) is 13.6 Å². The maximum absolute atomic E-state index is 13.0. The number of nitrogens with zero attached hydrogens (tertiary/aromatic N) is 2. The number of aromatic nitrogens is 1. The van der Waals surface area contributed by atoms with E-state index in [0.29, 0.717) is 6.07 Å². The van der Waals surface area contributed by atoms with Crippen LogP contribution < -0.4 is 0 Å². The summed E-state index contributed by atoms with van der Waals surface area (Å²) in [6, 6.07) is 1.69.